The normalized spacial score (nSPS) is 13.9. The number of benzene rings is 2. The molecule has 1 saturated heterocycles. The predicted molar refractivity (Wildman–Crippen MR) is 140 cm³/mol. The van der Waals surface area contributed by atoms with Crippen molar-refractivity contribution in [3.05, 3.63) is 83.2 Å². The van der Waals surface area contributed by atoms with Crippen LogP contribution in [0.3, 0.4) is 0 Å². The molecule has 0 aliphatic carbocycles. The molecule has 0 spiro atoms. The van der Waals surface area contributed by atoms with Gasteiger partial charge in [-0.2, -0.15) is 0 Å². The number of rotatable bonds is 7. The second-order valence-corrected chi connectivity index (χ2v) is 8.73. The Balaban J connectivity index is 1.35. The van der Waals surface area contributed by atoms with E-state index in [0.717, 1.165) is 16.9 Å². The minimum Gasteiger partial charge on any atom is -0.504 e. The van der Waals surface area contributed by atoms with Gasteiger partial charge < -0.3 is 19.9 Å². The molecule has 36 heavy (non-hydrogen) atoms. The molecule has 2 heterocycles. The first kappa shape index (κ1) is 25.2. The minimum absolute atomic E-state index is 0.0378. The Labute approximate surface area is 215 Å². The predicted octanol–water partition coefficient (Wildman–Crippen LogP) is 4.77. The Hall–Kier alpha value is -3.91. The van der Waals surface area contributed by atoms with Crippen molar-refractivity contribution in [2.45, 2.75) is 13.3 Å². The molecular formula is C27H28ClN5O3. The topological polar surface area (TPSA) is 87.7 Å². The van der Waals surface area contributed by atoms with E-state index >= 15 is 0 Å². The minimum atomic E-state index is -0.0576. The van der Waals surface area contributed by atoms with E-state index in [1.165, 1.54) is 13.4 Å². The molecule has 4 rings (SSSR count). The lowest BCUT2D eigenvalue weighted by Gasteiger charge is -2.35. The quantitative estimate of drug-likeness (QED) is 0.368. The van der Waals surface area contributed by atoms with Gasteiger partial charge in [0.2, 0.25) is 5.95 Å². The molecule has 0 radical (unpaired) electrons. The lowest BCUT2D eigenvalue weighted by molar-refractivity contribution is -0.128. The van der Waals surface area contributed by atoms with Gasteiger partial charge in [-0.25, -0.2) is 9.97 Å². The molecule has 0 atom stereocenters. The molecule has 1 aromatic heterocycles. The fourth-order valence-electron chi connectivity index (χ4n) is 3.95. The summed E-state index contributed by atoms with van der Waals surface area (Å²) in [5.41, 5.74) is 3.70. The molecule has 0 saturated carbocycles. The van der Waals surface area contributed by atoms with E-state index in [4.69, 9.17) is 16.3 Å². The Bertz CT molecular complexity index is 1240. The van der Waals surface area contributed by atoms with Crippen LogP contribution < -0.4 is 5.32 Å². The number of amides is 2. The number of carbonyl (C=O) groups excluding carboxylic acids is 2. The molecule has 1 N–H and O–H groups in total. The van der Waals surface area contributed by atoms with E-state index in [1.54, 1.807) is 28.1 Å². The molecule has 186 valence electrons. The Kier molecular flexibility index (Phi) is 8.17. The third-order valence-electron chi connectivity index (χ3n) is 5.95. The average Bonchev–Trinajstić information content (AvgIpc) is 2.92. The van der Waals surface area contributed by atoms with Crippen LogP contribution in [0.25, 0.3) is 11.3 Å². The van der Waals surface area contributed by atoms with Crippen LogP contribution in [-0.2, 0) is 9.53 Å². The Morgan fingerprint density at radius 1 is 1.00 bits per heavy atom. The first-order valence-electron chi connectivity index (χ1n) is 11.7. The van der Waals surface area contributed by atoms with Crippen molar-refractivity contribution in [1.82, 2.24) is 19.8 Å². The van der Waals surface area contributed by atoms with Gasteiger partial charge in [-0.05, 0) is 48.9 Å². The van der Waals surface area contributed by atoms with Gasteiger partial charge >= 0.3 is 0 Å². The molecule has 1 fully saturated rings. The number of anilines is 2. The monoisotopic (exact) mass is 505 g/mol. The molecule has 3 aromatic rings. The number of methoxy groups -OCH3 is 1. The van der Waals surface area contributed by atoms with Crippen LogP contribution in [0.5, 0.6) is 0 Å². The number of aromatic nitrogens is 2. The summed E-state index contributed by atoms with van der Waals surface area (Å²) in [6.07, 6.45) is 3.78. The molecule has 9 heteroatoms. The summed E-state index contributed by atoms with van der Waals surface area (Å²) in [6.45, 7) is 3.88. The highest BCUT2D eigenvalue weighted by molar-refractivity contribution is 6.30. The largest absolute Gasteiger partial charge is 0.504 e. The number of nitrogens with one attached hydrogen (secondary N) is 1. The zero-order valence-electron chi connectivity index (χ0n) is 20.3. The van der Waals surface area contributed by atoms with E-state index in [-0.39, 0.29) is 11.8 Å². The maximum absolute atomic E-state index is 13.0. The second-order valence-electron chi connectivity index (χ2n) is 8.29. The summed E-state index contributed by atoms with van der Waals surface area (Å²) in [4.78, 5) is 38.0. The van der Waals surface area contributed by atoms with Crippen molar-refractivity contribution in [2.75, 3.05) is 38.6 Å². The zero-order valence-corrected chi connectivity index (χ0v) is 21.0. The van der Waals surface area contributed by atoms with Gasteiger partial charge in [0.05, 0.1) is 24.6 Å². The van der Waals surface area contributed by atoms with E-state index in [9.17, 15) is 9.59 Å². The fourth-order valence-corrected chi connectivity index (χ4v) is 4.08. The molecule has 0 unspecified atom stereocenters. The Morgan fingerprint density at radius 2 is 1.67 bits per heavy atom. The highest BCUT2D eigenvalue weighted by Crippen LogP contribution is 2.22. The number of hydrogen-bond acceptors (Lipinski definition) is 6. The second kappa shape index (κ2) is 11.7. The number of ether oxygens (including phenoxy) is 1. The van der Waals surface area contributed by atoms with Crippen LogP contribution in [-0.4, -0.2) is 64.9 Å². The van der Waals surface area contributed by atoms with Crippen LogP contribution in [0.15, 0.2) is 72.6 Å². The van der Waals surface area contributed by atoms with Crippen LogP contribution in [0.2, 0.25) is 5.02 Å². The molecule has 2 amide bonds. The molecule has 8 nitrogen and oxygen atoms in total. The molecule has 0 bridgehead atoms. The fraction of sp³-hybridized carbons (Fsp3) is 0.259. The van der Waals surface area contributed by atoms with Gasteiger partial charge in [-0.15, -0.1) is 0 Å². The van der Waals surface area contributed by atoms with Gasteiger partial charge in [-0.1, -0.05) is 30.7 Å². The van der Waals surface area contributed by atoms with Crippen LogP contribution >= 0.6 is 11.6 Å². The van der Waals surface area contributed by atoms with Crippen molar-refractivity contribution >= 4 is 35.1 Å². The summed E-state index contributed by atoms with van der Waals surface area (Å²) in [5.74, 6) is 0.360. The summed E-state index contributed by atoms with van der Waals surface area (Å²) in [7, 11) is 1.53. The summed E-state index contributed by atoms with van der Waals surface area (Å²) < 4.78 is 5.01. The molecular weight excluding hydrogens is 478 g/mol. The third kappa shape index (κ3) is 6.01. The van der Waals surface area contributed by atoms with E-state index < -0.39 is 0 Å². The number of piperazine rings is 1. The van der Waals surface area contributed by atoms with Crippen LogP contribution in [0.1, 0.15) is 23.7 Å². The smallest absolute Gasteiger partial charge is 0.253 e. The maximum Gasteiger partial charge on any atom is 0.253 e. The lowest BCUT2D eigenvalue weighted by Crippen LogP contribution is -2.50. The van der Waals surface area contributed by atoms with Crippen molar-refractivity contribution in [2.24, 2.45) is 0 Å². The summed E-state index contributed by atoms with van der Waals surface area (Å²) in [5, 5.41) is 3.85. The van der Waals surface area contributed by atoms with Gasteiger partial charge in [0.15, 0.2) is 0 Å². The lowest BCUT2D eigenvalue weighted by atomic mass is 10.1. The van der Waals surface area contributed by atoms with E-state index in [2.05, 4.69) is 15.3 Å². The van der Waals surface area contributed by atoms with Crippen molar-refractivity contribution < 1.29 is 14.3 Å². The van der Waals surface area contributed by atoms with Crippen LogP contribution in [0, 0.1) is 0 Å². The summed E-state index contributed by atoms with van der Waals surface area (Å²) in [6, 6.07) is 16.5. The third-order valence-corrected chi connectivity index (χ3v) is 6.21. The number of nitrogens with zero attached hydrogens (tertiary/aromatic N) is 4. The first-order chi connectivity index (χ1) is 17.5. The van der Waals surface area contributed by atoms with Gasteiger partial charge in [0, 0.05) is 54.2 Å². The number of halogens is 1. The van der Waals surface area contributed by atoms with E-state index in [0.29, 0.717) is 54.7 Å². The van der Waals surface area contributed by atoms with Crippen molar-refractivity contribution in [1.29, 1.82) is 0 Å². The van der Waals surface area contributed by atoms with E-state index in [1.807, 2.05) is 49.4 Å². The maximum atomic E-state index is 13.0. The Morgan fingerprint density at radius 3 is 2.31 bits per heavy atom. The van der Waals surface area contributed by atoms with Gasteiger partial charge in [0.1, 0.15) is 0 Å². The molecule has 2 aromatic carbocycles. The standard InChI is InChI=1S/C27H28ClN5O3/c1-3-19(18-36-2)25(34)32-14-16-33(17-15-32)26(35)21-6-10-23(11-7-21)30-27-29-13-12-24(31-27)20-4-8-22(28)9-5-20/h4-13,18H,3,14-17H2,1-2H3,(H,29,30,31)/b19-18+. The van der Waals surface area contributed by atoms with Crippen molar-refractivity contribution in [3.63, 3.8) is 0 Å². The van der Waals surface area contributed by atoms with Crippen LogP contribution in [0.4, 0.5) is 11.6 Å². The highest BCUT2D eigenvalue weighted by Gasteiger charge is 2.26. The highest BCUT2D eigenvalue weighted by atomic mass is 35.5. The first-order valence-corrected chi connectivity index (χ1v) is 12.1. The summed E-state index contributed by atoms with van der Waals surface area (Å²) >= 11 is 5.97. The average molecular weight is 506 g/mol. The molecule has 1 aliphatic heterocycles. The zero-order chi connectivity index (χ0) is 25.5. The van der Waals surface area contributed by atoms with Crippen molar-refractivity contribution in [3.8, 4) is 11.3 Å². The van der Waals surface area contributed by atoms with Gasteiger partial charge in [-0.3, -0.25) is 9.59 Å². The number of carbonyl (C=O) groups is 2. The number of hydrogen-bond donors (Lipinski definition) is 1. The SMILES string of the molecule is CC/C(=C\OC)C(=O)N1CCN(C(=O)c2ccc(Nc3nccc(-c4ccc(Cl)cc4)n3)cc2)CC1. The molecule has 1 aliphatic rings. The van der Waals surface area contributed by atoms with Gasteiger partial charge in [0.25, 0.3) is 11.8 Å².